The van der Waals surface area contributed by atoms with Gasteiger partial charge in [0.25, 0.3) is 5.91 Å². The van der Waals surface area contributed by atoms with E-state index in [1.165, 1.54) is 0 Å². The van der Waals surface area contributed by atoms with Crippen LogP contribution in [0.3, 0.4) is 0 Å². The zero-order valence-electron chi connectivity index (χ0n) is 14.1. The summed E-state index contributed by atoms with van der Waals surface area (Å²) in [6.07, 6.45) is 3.71. The second-order valence-corrected chi connectivity index (χ2v) is 6.93. The minimum Gasteiger partial charge on any atom is -0.338 e. The molecule has 2 N–H and O–H groups in total. The minimum absolute atomic E-state index is 0.0242. The van der Waals surface area contributed by atoms with E-state index in [0.717, 1.165) is 30.8 Å². The molecule has 0 saturated carbocycles. The lowest BCUT2D eigenvalue weighted by Gasteiger charge is -2.34. The van der Waals surface area contributed by atoms with Crippen LogP contribution >= 0.6 is 11.6 Å². The van der Waals surface area contributed by atoms with E-state index in [4.69, 9.17) is 17.3 Å². The quantitative estimate of drug-likeness (QED) is 0.929. The number of carbonyl (C=O) groups excluding carboxylic acids is 1. The summed E-state index contributed by atoms with van der Waals surface area (Å²) in [4.78, 5) is 14.8. The van der Waals surface area contributed by atoms with Gasteiger partial charge < -0.3 is 10.6 Å². The van der Waals surface area contributed by atoms with Crippen molar-refractivity contribution in [3.8, 4) is 5.69 Å². The number of likely N-dealkylation sites (tertiary alicyclic amines) is 1. The second kappa shape index (κ2) is 6.95. The van der Waals surface area contributed by atoms with Crippen molar-refractivity contribution in [2.45, 2.75) is 32.7 Å². The van der Waals surface area contributed by atoms with Gasteiger partial charge in [-0.2, -0.15) is 5.10 Å². The van der Waals surface area contributed by atoms with Crippen LogP contribution in [0.25, 0.3) is 5.69 Å². The molecule has 1 fully saturated rings. The summed E-state index contributed by atoms with van der Waals surface area (Å²) in [5.41, 5.74) is 8.23. The lowest BCUT2D eigenvalue weighted by Crippen LogP contribution is -2.45. The Labute approximate surface area is 147 Å². The maximum absolute atomic E-state index is 12.9. The molecule has 1 amide bonds. The summed E-state index contributed by atoms with van der Waals surface area (Å²) < 4.78 is 1.72. The van der Waals surface area contributed by atoms with E-state index in [0.29, 0.717) is 23.0 Å². The molecule has 0 aliphatic carbocycles. The fraction of sp³-hybridized carbons (Fsp3) is 0.444. The van der Waals surface area contributed by atoms with Crippen molar-refractivity contribution in [2.24, 2.45) is 11.7 Å². The third-order valence-electron chi connectivity index (χ3n) is 4.81. The van der Waals surface area contributed by atoms with Gasteiger partial charge in [-0.05, 0) is 44.7 Å². The highest BCUT2D eigenvalue weighted by molar-refractivity contribution is 6.32. The highest BCUT2D eigenvalue weighted by Crippen LogP contribution is 2.24. The maximum atomic E-state index is 12.9. The van der Waals surface area contributed by atoms with Gasteiger partial charge in [0.05, 0.1) is 28.2 Å². The van der Waals surface area contributed by atoms with Crippen LogP contribution in [-0.2, 0) is 0 Å². The topological polar surface area (TPSA) is 64.2 Å². The largest absolute Gasteiger partial charge is 0.338 e. The number of rotatable bonds is 3. The Bertz CT molecular complexity index is 740. The highest BCUT2D eigenvalue weighted by Gasteiger charge is 2.28. The number of nitrogens with two attached hydrogens (primary N) is 1. The van der Waals surface area contributed by atoms with Gasteiger partial charge in [0.2, 0.25) is 0 Å². The minimum atomic E-state index is 0.0242. The molecule has 2 heterocycles. The number of aromatic nitrogens is 2. The van der Waals surface area contributed by atoms with Crippen LogP contribution in [0.2, 0.25) is 5.02 Å². The average Bonchev–Trinajstić information content (AvgIpc) is 2.96. The molecule has 24 heavy (non-hydrogen) atoms. The molecule has 2 aromatic rings. The zero-order chi connectivity index (χ0) is 17.3. The maximum Gasteiger partial charge on any atom is 0.257 e. The molecule has 0 bridgehead atoms. The number of hydrogen-bond acceptors (Lipinski definition) is 3. The number of carbonyl (C=O) groups is 1. The predicted molar refractivity (Wildman–Crippen MR) is 95.6 cm³/mol. The fourth-order valence-corrected chi connectivity index (χ4v) is 3.50. The summed E-state index contributed by atoms with van der Waals surface area (Å²) in [7, 11) is 0. The van der Waals surface area contributed by atoms with Crippen LogP contribution in [0.4, 0.5) is 0 Å². The molecule has 0 radical (unpaired) electrons. The molecule has 0 spiro atoms. The molecule has 1 aromatic carbocycles. The van der Waals surface area contributed by atoms with Gasteiger partial charge >= 0.3 is 0 Å². The van der Waals surface area contributed by atoms with Crippen LogP contribution in [0, 0.1) is 12.8 Å². The third-order valence-corrected chi connectivity index (χ3v) is 5.13. The molecule has 5 nitrogen and oxygen atoms in total. The van der Waals surface area contributed by atoms with Gasteiger partial charge in [-0.1, -0.05) is 23.7 Å². The molecule has 1 aromatic heterocycles. The molecular weight excluding hydrogens is 324 g/mol. The molecule has 2 unspecified atom stereocenters. The Hall–Kier alpha value is -1.85. The number of hydrogen-bond donors (Lipinski definition) is 1. The van der Waals surface area contributed by atoms with Gasteiger partial charge in [-0.25, -0.2) is 4.68 Å². The fourth-order valence-electron chi connectivity index (χ4n) is 3.28. The van der Waals surface area contributed by atoms with Crippen molar-refractivity contribution >= 4 is 17.5 Å². The molecule has 2 atom stereocenters. The van der Waals surface area contributed by atoms with Crippen LogP contribution in [0.5, 0.6) is 0 Å². The Kier molecular flexibility index (Phi) is 4.92. The van der Waals surface area contributed by atoms with E-state index in [2.05, 4.69) is 5.10 Å². The van der Waals surface area contributed by atoms with Crippen molar-refractivity contribution in [1.82, 2.24) is 14.7 Å². The van der Waals surface area contributed by atoms with E-state index in [-0.39, 0.29) is 11.9 Å². The van der Waals surface area contributed by atoms with Gasteiger partial charge in [0, 0.05) is 19.1 Å². The van der Waals surface area contributed by atoms with Crippen LogP contribution < -0.4 is 5.73 Å². The monoisotopic (exact) mass is 346 g/mol. The van der Waals surface area contributed by atoms with Gasteiger partial charge in [-0.3, -0.25) is 4.79 Å². The lowest BCUT2D eigenvalue weighted by atomic mass is 9.92. The van der Waals surface area contributed by atoms with E-state index < -0.39 is 0 Å². The van der Waals surface area contributed by atoms with Gasteiger partial charge in [0.15, 0.2) is 0 Å². The average molecular weight is 347 g/mol. The molecule has 1 aliphatic heterocycles. The summed E-state index contributed by atoms with van der Waals surface area (Å²) in [6, 6.07) is 7.59. The Morgan fingerprint density at radius 3 is 2.88 bits per heavy atom. The smallest absolute Gasteiger partial charge is 0.257 e. The van der Waals surface area contributed by atoms with Crippen molar-refractivity contribution in [3.05, 3.63) is 46.7 Å². The SMILES string of the molecule is Cc1c(C(=O)N2CCCC(C(C)N)C2)cnn1-c1ccccc1Cl. The van der Waals surface area contributed by atoms with Crippen molar-refractivity contribution in [1.29, 1.82) is 0 Å². The van der Waals surface area contributed by atoms with Crippen LogP contribution in [0.1, 0.15) is 35.8 Å². The first-order valence-corrected chi connectivity index (χ1v) is 8.71. The van der Waals surface area contributed by atoms with E-state index >= 15 is 0 Å². The van der Waals surface area contributed by atoms with Crippen LogP contribution in [-0.4, -0.2) is 39.7 Å². The normalized spacial score (nSPS) is 19.3. The standard InChI is InChI=1S/C18H23ClN4O/c1-12(20)14-6-5-9-22(11-14)18(24)15-10-21-23(13(15)2)17-8-4-3-7-16(17)19/h3-4,7-8,10,12,14H,5-6,9,11,20H2,1-2H3. The second-order valence-electron chi connectivity index (χ2n) is 6.52. The van der Waals surface area contributed by atoms with E-state index in [1.807, 2.05) is 43.0 Å². The number of halogens is 1. The van der Waals surface area contributed by atoms with Crippen LogP contribution in [0.15, 0.2) is 30.5 Å². The number of para-hydroxylation sites is 1. The number of amides is 1. The Morgan fingerprint density at radius 1 is 1.42 bits per heavy atom. The molecule has 128 valence electrons. The molecule has 1 aliphatic rings. The van der Waals surface area contributed by atoms with E-state index in [9.17, 15) is 4.79 Å². The molecule has 6 heteroatoms. The first-order valence-electron chi connectivity index (χ1n) is 8.33. The summed E-state index contributed by atoms with van der Waals surface area (Å²) >= 11 is 6.25. The van der Waals surface area contributed by atoms with Crippen molar-refractivity contribution in [2.75, 3.05) is 13.1 Å². The van der Waals surface area contributed by atoms with Gasteiger partial charge in [-0.15, -0.1) is 0 Å². The summed E-state index contributed by atoms with van der Waals surface area (Å²) in [5, 5.41) is 4.99. The highest BCUT2D eigenvalue weighted by atomic mass is 35.5. The molecule has 1 saturated heterocycles. The third kappa shape index (κ3) is 3.19. The Balaban J connectivity index is 1.86. The number of nitrogens with zero attached hydrogens (tertiary/aromatic N) is 3. The molecular formula is C18H23ClN4O. The number of piperidine rings is 1. The number of benzene rings is 1. The zero-order valence-corrected chi connectivity index (χ0v) is 14.8. The first-order chi connectivity index (χ1) is 11.5. The lowest BCUT2D eigenvalue weighted by molar-refractivity contribution is 0.0660. The summed E-state index contributed by atoms with van der Waals surface area (Å²) in [6.45, 7) is 5.40. The predicted octanol–water partition coefficient (Wildman–Crippen LogP) is 3.03. The molecule has 3 rings (SSSR count). The Morgan fingerprint density at radius 2 is 2.17 bits per heavy atom. The van der Waals surface area contributed by atoms with Gasteiger partial charge in [0.1, 0.15) is 0 Å². The van der Waals surface area contributed by atoms with Crippen molar-refractivity contribution in [3.63, 3.8) is 0 Å². The first kappa shape index (κ1) is 17.0. The summed E-state index contributed by atoms with van der Waals surface area (Å²) in [5.74, 6) is 0.387. The van der Waals surface area contributed by atoms with Crippen molar-refractivity contribution < 1.29 is 4.79 Å². The van der Waals surface area contributed by atoms with E-state index in [1.54, 1.807) is 10.9 Å².